The maximum Gasteiger partial charge on any atom is 0.290 e. The largest absolute Gasteiger partial charge is 0.493 e. The van der Waals surface area contributed by atoms with Gasteiger partial charge in [-0.05, 0) is 25.5 Å². The quantitative estimate of drug-likeness (QED) is 0.689. The Kier molecular flexibility index (Phi) is 4.01. The average Bonchev–Trinajstić information content (AvgIpc) is 2.53. The van der Waals surface area contributed by atoms with Crippen molar-refractivity contribution in [1.29, 1.82) is 0 Å². The molecular weight excluding hydrogens is 298 g/mol. The predicted octanol–water partition coefficient (Wildman–Crippen LogP) is 2.72. The van der Waals surface area contributed by atoms with Crippen molar-refractivity contribution in [3.63, 3.8) is 0 Å². The number of fused-ring (bicyclic) bond motifs is 1. The molecule has 0 saturated carbocycles. The second-order valence-electron chi connectivity index (χ2n) is 5.42. The Hall–Kier alpha value is -2.83. The number of aromatic nitrogens is 1. The maximum absolute atomic E-state index is 10.8. The minimum Gasteiger partial charge on any atom is -0.493 e. The fourth-order valence-corrected chi connectivity index (χ4v) is 2.68. The molecule has 0 radical (unpaired) electrons. The maximum atomic E-state index is 10.8. The van der Waals surface area contributed by atoms with E-state index in [9.17, 15) is 10.1 Å². The predicted molar refractivity (Wildman–Crippen MR) is 85.2 cm³/mol. The van der Waals surface area contributed by atoms with Gasteiger partial charge in [-0.3, -0.25) is 10.1 Å². The molecule has 23 heavy (non-hydrogen) atoms. The third kappa shape index (κ3) is 3.03. The summed E-state index contributed by atoms with van der Waals surface area (Å²) in [5, 5.41) is 14.1. The molecule has 2 aromatic rings. The summed E-state index contributed by atoms with van der Waals surface area (Å²) in [5.41, 5.74) is 1.66. The zero-order valence-electron chi connectivity index (χ0n) is 12.9. The van der Waals surface area contributed by atoms with Gasteiger partial charge in [0.05, 0.1) is 18.1 Å². The van der Waals surface area contributed by atoms with Gasteiger partial charge in [-0.2, -0.15) is 0 Å². The zero-order chi connectivity index (χ0) is 16.4. The van der Waals surface area contributed by atoms with E-state index >= 15 is 0 Å². The van der Waals surface area contributed by atoms with Crippen molar-refractivity contribution < 1.29 is 14.4 Å². The van der Waals surface area contributed by atoms with Gasteiger partial charge in [0, 0.05) is 11.1 Å². The number of nitrogens with zero attached hydrogens (tertiary/aromatic N) is 2. The van der Waals surface area contributed by atoms with Gasteiger partial charge in [0.1, 0.15) is 18.6 Å². The molecule has 1 unspecified atom stereocenters. The van der Waals surface area contributed by atoms with Crippen LogP contribution in [0.5, 0.6) is 11.5 Å². The Balaban J connectivity index is 1.75. The Morgan fingerprint density at radius 2 is 2.30 bits per heavy atom. The molecule has 1 aliphatic rings. The highest BCUT2D eigenvalue weighted by Gasteiger charge is 2.23. The van der Waals surface area contributed by atoms with E-state index in [0.29, 0.717) is 18.0 Å². The van der Waals surface area contributed by atoms with Crippen molar-refractivity contribution in [1.82, 2.24) is 4.98 Å². The van der Waals surface area contributed by atoms with Crippen molar-refractivity contribution in [2.24, 2.45) is 0 Å². The van der Waals surface area contributed by atoms with Crippen LogP contribution in [-0.2, 0) is 6.42 Å². The summed E-state index contributed by atoms with van der Waals surface area (Å²) in [6.07, 6.45) is 2.04. The van der Waals surface area contributed by atoms with Gasteiger partial charge in [-0.1, -0.05) is 12.1 Å². The molecule has 1 N–H and O–H groups in total. The number of nitrogens with one attached hydrogen (secondary N) is 1. The molecule has 0 bridgehead atoms. The molecular formula is C16H17N3O4. The smallest absolute Gasteiger partial charge is 0.290 e. The highest BCUT2D eigenvalue weighted by Crippen LogP contribution is 2.35. The van der Waals surface area contributed by atoms with Crippen LogP contribution in [0.2, 0.25) is 0 Å². The number of ether oxygens (including phenoxy) is 2. The zero-order valence-corrected chi connectivity index (χ0v) is 12.9. The van der Waals surface area contributed by atoms with Crippen LogP contribution >= 0.6 is 0 Å². The van der Waals surface area contributed by atoms with Gasteiger partial charge in [-0.15, -0.1) is 0 Å². The SMILES string of the molecule is COc1cccc2c1OCC(Nc1cc(C)c([N+](=O)[O-])cn1)C2. The summed E-state index contributed by atoms with van der Waals surface area (Å²) in [5.74, 6) is 2.11. The molecule has 0 spiro atoms. The lowest BCUT2D eigenvalue weighted by Crippen LogP contribution is -2.33. The van der Waals surface area contributed by atoms with Crippen molar-refractivity contribution in [2.45, 2.75) is 19.4 Å². The van der Waals surface area contributed by atoms with Gasteiger partial charge in [0.25, 0.3) is 5.69 Å². The first-order valence-corrected chi connectivity index (χ1v) is 7.24. The van der Waals surface area contributed by atoms with Crippen LogP contribution in [0.3, 0.4) is 0 Å². The normalized spacial score (nSPS) is 16.2. The number of aryl methyl sites for hydroxylation is 1. The molecule has 0 saturated heterocycles. The number of hydrogen-bond donors (Lipinski definition) is 1. The first-order chi connectivity index (χ1) is 11.1. The number of methoxy groups -OCH3 is 1. The first kappa shape index (κ1) is 15.1. The molecule has 1 aliphatic heterocycles. The number of rotatable bonds is 4. The van der Waals surface area contributed by atoms with E-state index in [2.05, 4.69) is 10.3 Å². The molecule has 7 heteroatoms. The molecule has 2 heterocycles. The molecule has 1 aromatic heterocycles. The fourth-order valence-electron chi connectivity index (χ4n) is 2.68. The number of nitro groups is 1. The topological polar surface area (TPSA) is 86.5 Å². The molecule has 0 aliphatic carbocycles. The summed E-state index contributed by atoms with van der Waals surface area (Å²) in [4.78, 5) is 14.5. The number of pyridine rings is 1. The molecule has 7 nitrogen and oxygen atoms in total. The Morgan fingerprint density at radius 1 is 1.48 bits per heavy atom. The standard InChI is InChI=1S/C16H17N3O4/c1-10-6-15(17-8-13(10)19(20)21)18-12-7-11-4-3-5-14(22-2)16(11)23-9-12/h3-6,8,12H,7,9H2,1-2H3,(H,17,18). The number of hydrogen-bond acceptors (Lipinski definition) is 6. The van der Waals surface area contributed by atoms with E-state index < -0.39 is 4.92 Å². The van der Waals surface area contributed by atoms with Gasteiger partial charge in [0.15, 0.2) is 11.5 Å². The summed E-state index contributed by atoms with van der Waals surface area (Å²) >= 11 is 0. The molecule has 1 atom stereocenters. The van der Waals surface area contributed by atoms with Crippen LogP contribution in [0.15, 0.2) is 30.5 Å². The van der Waals surface area contributed by atoms with E-state index in [-0.39, 0.29) is 11.7 Å². The van der Waals surface area contributed by atoms with Gasteiger partial charge in [-0.25, -0.2) is 4.98 Å². The van der Waals surface area contributed by atoms with Crippen molar-refractivity contribution in [3.05, 3.63) is 51.7 Å². The third-order valence-electron chi connectivity index (χ3n) is 3.81. The summed E-state index contributed by atoms with van der Waals surface area (Å²) in [7, 11) is 1.62. The number of anilines is 1. The minimum absolute atomic E-state index is 0.0190. The molecule has 3 rings (SSSR count). The Bertz CT molecular complexity index is 748. The molecule has 1 aromatic carbocycles. The van der Waals surface area contributed by atoms with Crippen LogP contribution in [0.1, 0.15) is 11.1 Å². The van der Waals surface area contributed by atoms with E-state index in [1.165, 1.54) is 6.20 Å². The van der Waals surface area contributed by atoms with Crippen LogP contribution < -0.4 is 14.8 Å². The van der Waals surface area contributed by atoms with Gasteiger partial charge >= 0.3 is 0 Å². The molecule has 0 fully saturated rings. The molecule has 120 valence electrons. The van der Waals surface area contributed by atoms with Crippen molar-refractivity contribution >= 4 is 11.5 Å². The third-order valence-corrected chi connectivity index (χ3v) is 3.81. The monoisotopic (exact) mass is 315 g/mol. The summed E-state index contributed by atoms with van der Waals surface area (Å²) in [6.45, 7) is 2.17. The lowest BCUT2D eigenvalue weighted by molar-refractivity contribution is -0.385. The van der Waals surface area contributed by atoms with E-state index in [1.54, 1.807) is 20.1 Å². The highest BCUT2D eigenvalue weighted by molar-refractivity contribution is 5.51. The lowest BCUT2D eigenvalue weighted by atomic mass is 10.0. The van der Waals surface area contributed by atoms with E-state index in [1.807, 2.05) is 18.2 Å². The Labute approximate surface area is 133 Å². The Morgan fingerprint density at radius 3 is 3.00 bits per heavy atom. The summed E-state index contributed by atoms with van der Waals surface area (Å²) < 4.78 is 11.1. The number of benzene rings is 1. The van der Waals surface area contributed by atoms with Gasteiger partial charge in [0.2, 0.25) is 0 Å². The average molecular weight is 315 g/mol. The number of para-hydroxylation sites is 1. The van der Waals surface area contributed by atoms with Gasteiger partial charge < -0.3 is 14.8 Å². The van der Waals surface area contributed by atoms with Crippen LogP contribution in [0.25, 0.3) is 0 Å². The fraction of sp³-hybridized carbons (Fsp3) is 0.312. The van der Waals surface area contributed by atoms with Crippen LogP contribution in [0.4, 0.5) is 11.5 Å². The van der Waals surface area contributed by atoms with Crippen molar-refractivity contribution in [2.75, 3.05) is 19.0 Å². The lowest BCUT2D eigenvalue weighted by Gasteiger charge is -2.27. The van der Waals surface area contributed by atoms with E-state index in [4.69, 9.17) is 9.47 Å². The van der Waals surface area contributed by atoms with Crippen molar-refractivity contribution in [3.8, 4) is 11.5 Å². The highest BCUT2D eigenvalue weighted by atomic mass is 16.6. The van der Waals surface area contributed by atoms with Crippen LogP contribution in [-0.4, -0.2) is 29.7 Å². The first-order valence-electron chi connectivity index (χ1n) is 7.24. The molecule has 0 amide bonds. The van der Waals surface area contributed by atoms with Crippen LogP contribution in [0, 0.1) is 17.0 Å². The summed E-state index contributed by atoms with van der Waals surface area (Å²) in [6, 6.07) is 7.52. The second kappa shape index (κ2) is 6.12. The van der Waals surface area contributed by atoms with E-state index in [0.717, 1.165) is 23.5 Å². The minimum atomic E-state index is -0.432. The second-order valence-corrected chi connectivity index (χ2v) is 5.42.